The summed E-state index contributed by atoms with van der Waals surface area (Å²) >= 11 is 0. The van der Waals surface area contributed by atoms with E-state index in [0.29, 0.717) is 0 Å². The van der Waals surface area contributed by atoms with Crippen LogP contribution in [0.15, 0.2) is 24.5 Å². The zero-order chi connectivity index (χ0) is 13.3. The SMILES string of the molecule is CN(C(=O)C(C)(C)C(C)(C)N)c1ccncc1. The quantitative estimate of drug-likeness (QED) is 0.869. The van der Waals surface area contributed by atoms with E-state index in [0.717, 1.165) is 5.69 Å². The van der Waals surface area contributed by atoms with Crippen molar-refractivity contribution in [2.75, 3.05) is 11.9 Å². The smallest absolute Gasteiger partial charge is 0.234 e. The van der Waals surface area contributed by atoms with E-state index >= 15 is 0 Å². The zero-order valence-electron chi connectivity index (χ0n) is 11.2. The van der Waals surface area contributed by atoms with Gasteiger partial charge in [-0.3, -0.25) is 9.78 Å². The summed E-state index contributed by atoms with van der Waals surface area (Å²) < 4.78 is 0. The van der Waals surface area contributed by atoms with Crippen LogP contribution in [0.3, 0.4) is 0 Å². The van der Waals surface area contributed by atoms with E-state index in [1.54, 1.807) is 36.5 Å². The summed E-state index contributed by atoms with van der Waals surface area (Å²) in [5, 5.41) is 0. The van der Waals surface area contributed by atoms with Crippen LogP contribution in [0, 0.1) is 5.41 Å². The van der Waals surface area contributed by atoms with Crippen LogP contribution in [-0.4, -0.2) is 23.5 Å². The Bertz CT molecular complexity index is 393. The Kier molecular flexibility index (Phi) is 3.57. The van der Waals surface area contributed by atoms with Crippen LogP contribution in [0.2, 0.25) is 0 Å². The molecule has 1 rings (SSSR count). The molecule has 1 amide bonds. The maximum atomic E-state index is 12.4. The maximum Gasteiger partial charge on any atom is 0.234 e. The Hall–Kier alpha value is -1.42. The molecule has 0 fully saturated rings. The molecule has 0 spiro atoms. The maximum absolute atomic E-state index is 12.4. The molecule has 0 saturated carbocycles. The van der Waals surface area contributed by atoms with Crippen LogP contribution in [0.4, 0.5) is 5.69 Å². The van der Waals surface area contributed by atoms with Gasteiger partial charge in [-0.05, 0) is 39.8 Å². The van der Waals surface area contributed by atoms with Crippen LogP contribution >= 0.6 is 0 Å². The third kappa shape index (κ3) is 2.64. The van der Waals surface area contributed by atoms with Gasteiger partial charge in [0.05, 0.1) is 5.41 Å². The normalized spacial score (nSPS) is 12.4. The molecule has 0 atom stereocenters. The van der Waals surface area contributed by atoms with Gasteiger partial charge in [0.2, 0.25) is 5.91 Å². The summed E-state index contributed by atoms with van der Waals surface area (Å²) in [6, 6.07) is 3.61. The number of pyridine rings is 1. The van der Waals surface area contributed by atoms with Crippen molar-refractivity contribution in [3.05, 3.63) is 24.5 Å². The van der Waals surface area contributed by atoms with Gasteiger partial charge >= 0.3 is 0 Å². The Morgan fingerprint density at radius 2 is 1.71 bits per heavy atom. The third-order valence-corrected chi connectivity index (χ3v) is 3.50. The first-order valence-electron chi connectivity index (χ1n) is 5.65. The van der Waals surface area contributed by atoms with Gasteiger partial charge in [-0.2, -0.15) is 0 Å². The molecule has 0 unspecified atom stereocenters. The summed E-state index contributed by atoms with van der Waals surface area (Å²) in [7, 11) is 1.76. The molecule has 0 bridgehead atoms. The fourth-order valence-electron chi connectivity index (χ4n) is 1.38. The second-order valence-corrected chi connectivity index (χ2v) is 5.42. The van der Waals surface area contributed by atoms with E-state index in [1.807, 2.05) is 27.7 Å². The first-order chi connectivity index (χ1) is 7.68. The molecule has 0 aliphatic rings. The molecule has 0 aromatic carbocycles. The molecule has 1 aromatic heterocycles. The Labute approximate surface area is 103 Å². The van der Waals surface area contributed by atoms with E-state index in [1.165, 1.54) is 0 Å². The topological polar surface area (TPSA) is 59.2 Å². The Morgan fingerprint density at radius 1 is 1.24 bits per heavy atom. The lowest BCUT2D eigenvalue weighted by Gasteiger charge is -2.39. The molecule has 1 aromatic rings. The number of carbonyl (C=O) groups excluding carboxylic acids is 1. The van der Waals surface area contributed by atoms with Crippen molar-refractivity contribution in [1.82, 2.24) is 4.98 Å². The highest BCUT2D eigenvalue weighted by atomic mass is 16.2. The summed E-state index contributed by atoms with van der Waals surface area (Å²) in [6.45, 7) is 7.47. The highest BCUT2D eigenvalue weighted by Gasteiger charge is 2.42. The molecule has 0 radical (unpaired) electrons. The highest BCUT2D eigenvalue weighted by Crippen LogP contribution is 2.31. The van der Waals surface area contributed by atoms with Gasteiger partial charge in [-0.25, -0.2) is 0 Å². The molecule has 1 heterocycles. The predicted octanol–water partition coefficient (Wildman–Crippen LogP) is 1.81. The van der Waals surface area contributed by atoms with Crippen LogP contribution in [-0.2, 0) is 4.79 Å². The van der Waals surface area contributed by atoms with Crippen LogP contribution in [0.1, 0.15) is 27.7 Å². The number of hydrogen-bond donors (Lipinski definition) is 1. The van der Waals surface area contributed by atoms with E-state index in [9.17, 15) is 4.79 Å². The number of amides is 1. The minimum Gasteiger partial charge on any atom is -0.325 e. The van der Waals surface area contributed by atoms with Crippen molar-refractivity contribution in [1.29, 1.82) is 0 Å². The number of nitrogens with two attached hydrogens (primary N) is 1. The zero-order valence-corrected chi connectivity index (χ0v) is 11.2. The lowest BCUT2D eigenvalue weighted by molar-refractivity contribution is -0.129. The van der Waals surface area contributed by atoms with Crippen molar-refractivity contribution < 1.29 is 4.79 Å². The number of anilines is 1. The predicted molar refractivity (Wildman–Crippen MR) is 69.7 cm³/mol. The molecular weight excluding hydrogens is 214 g/mol. The lowest BCUT2D eigenvalue weighted by atomic mass is 9.74. The number of hydrogen-bond acceptors (Lipinski definition) is 3. The number of nitrogens with zero attached hydrogens (tertiary/aromatic N) is 2. The third-order valence-electron chi connectivity index (χ3n) is 3.50. The molecule has 0 aliphatic heterocycles. The second kappa shape index (κ2) is 4.45. The standard InChI is InChI=1S/C13H21N3O/c1-12(2,13(3,4)14)11(17)16(5)10-6-8-15-9-7-10/h6-9H,14H2,1-5H3. The van der Waals surface area contributed by atoms with Gasteiger partial charge in [0.1, 0.15) is 0 Å². The molecule has 0 aliphatic carbocycles. The van der Waals surface area contributed by atoms with Crippen molar-refractivity contribution in [2.24, 2.45) is 11.1 Å². The highest BCUT2D eigenvalue weighted by molar-refractivity contribution is 5.97. The van der Waals surface area contributed by atoms with Crippen molar-refractivity contribution in [3.63, 3.8) is 0 Å². The largest absolute Gasteiger partial charge is 0.325 e. The van der Waals surface area contributed by atoms with E-state index in [2.05, 4.69) is 4.98 Å². The number of aromatic nitrogens is 1. The van der Waals surface area contributed by atoms with Gasteiger partial charge in [0.15, 0.2) is 0 Å². The monoisotopic (exact) mass is 235 g/mol. The first kappa shape index (κ1) is 13.6. The van der Waals surface area contributed by atoms with Crippen LogP contribution in [0.5, 0.6) is 0 Å². The minimum atomic E-state index is -0.634. The summed E-state index contributed by atoms with van der Waals surface area (Å²) in [5.74, 6) is -0.00352. The molecule has 0 saturated heterocycles. The average molecular weight is 235 g/mol. The Morgan fingerprint density at radius 3 is 2.12 bits per heavy atom. The van der Waals surface area contributed by atoms with Gasteiger partial charge in [-0.15, -0.1) is 0 Å². The van der Waals surface area contributed by atoms with Crippen molar-refractivity contribution in [2.45, 2.75) is 33.2 Å². The van der Waals surface area contributed by atoms with Gasteiger partial charge < -0.3 is 10.6 Å². The van der Waals surface area contributed by atoms with E-state index in [-0.39, 0.29) is 5.91 Å². The fourth-order valence-corrected chi connectivity index (χ4v) is 1.38. The molecule has 4 nitrogen and oxygen atoms in total. The first-order valence-corrected chi connectivity index (χ1v) is 5.65. The Balaban J connectivity index is 2.99. The van der Waals surface area contributed by atoms with Crippen molar-refractivity contribution >= 4 is 11.6 Å². The number of rotatable bonds is 3. The molecule has 2 N–H and O–H groups in total. The van der Waals surface area contributed by atoms with Gasteiger partial charge in [0.25, 0.3) is 0 Å². The van der Waals surface area contributed by atoms with E-state index in [4.69, 9.17) is 5.73 Å². The van der Waals surface area contributed by atoms with Crippen LogP contribution in [0.25, 0.3) is 0 Å². The average Bonchev–Trinajstić information content (AvgIpc) is 2.26. The summed E-state index contributed by atoms with van der Waals surface area (Å²) in [6.07, 6.45) is 3.33. The van der Waals surface area contributed by atoms with Crippen LogP contribution < -0.4 is 10.6 Å². The summed E-state index contributed by atoms with van der Waals surface area (Å²) in [5.41, 5.74) is 5.68. The second-order valence-electron chi connectivity index (χ2n) is 5.42. The summed E-state index contributed by atoms with van der Waals surface area (Å²) in [4.78, 5) is 18.0. The number of carbonyl (C=O) groups is 1. The van der Waals surface area contributed by atoms with Gasteiger partial charge in [0, 0.05) is 30.7 Å². The lowest BCUT2D eigenvalue weighted by Crippen LogP contribution is -2.56. The minimum absolute atomic E-state index is 0.00352. The van der Waals surface area contributed by atoms with E-state index < -0.39 is 11.0 Å². The fraction of sp³-hybridized carbons (Fsp3) is 0.538. The molecular formula is C13H21N3O. The van der Waals surface area contributed by atoms with Gasteiger partial charge in [-0.1, -0.05) is 0 Å². The van der Waals surface area contributed by atoms with Crippen molar-refractivity contribution in [3.8, 4) is 0 Å². The molecule has 4 heteroatoms. The molecule has 17 heavy (non-hydrogen) atoms. The molecule has 94 valence electrons.